The molecule has 0 heterocycles. The molecule has 1 rings (SSSR count). The molecule has 0 spiro atoms. The van der Waals surface area contributed by atoms with Gasteiger partial charge in [-0.2, -0.15) is 0 Å². The average Bonchev–Trinajstić information content (AvgIpc) is 2.55. The summed E-state index contributed by atoms with van der Waals surface area (Å²) in [5.41, 5.74) is 5.38. The number of carbonyl (C=O) groups is 1. The Morgan fingerprint density at radius 2 is 1.88 bits per heavy atom. The molecule has 0 saturated heterocycles. The van der Waals surface area contributed by atoms with Gasteiger partial charge in [0.2, 0.25) is 0 Å². The third-order valence-corrected chi connectivity index (χ3v) is 3.59. The van der Waals surface area contributed by atoms with Crippen molar-refractivity contribution in [3.63, 3.8) is 0 Å². The SMILES string of the molecule is COCC(C)OC(=O)C1(CN)CCCCCC1. The van der Waals surface area contributed by atoms with Crippen LogP contribution in [0.25, 0.3) is 0 Å². The van der Waals surface area contributed by atoms with E-state index in [9.17, 15) is 4.79 Å². The largest absolute Gasteiger partial charge is 0.460 e. The maximum Gasteiger partial charge on any atom is 0.313 e. The van der Waals surface area contributed by atoms with Gasteiger partial charge in [-0.3, -0.25) is 4.79 Å². The zero-order valence-electron chi connectivity index (χ0n) is 11.0. The van der Waals surface area contributed by atoms with E-state index in [1.165, 1.54) is 12.8 Å². The molecule has 0 radical (unpaired) electrons. The van der Waals surface area contributed by atoms with E-state index in [0.29, 0.717) is 13.2 Å². The zero-order chi connectivity index (χ0) is 12.7. The summed E-state index contributed by atoms with van der Waals surface area (Å²) in [7, 11) is 1.61. The minimum atomic E-state index is -0.446. The van der Waals surface area contributed by atoms with Gasteiger partial charge in [0.05, 0.1) is 12.0 Å². The highest BCUT2D eigenvalue weighted by atomic mass is 16.6. The maximum atomic E-state index is 12.2. The van der Waals surface area contributed by atoms with E-state index in [2.05, 4.69) is 0 Å². The van der Waals surface area contributed by atoms with Crippen LogP contribution >= 0.6 is 0 Å². The minimum Gasteiger partial charge on any atom is -0.460 e. The van der Waals surface area contributed by atoms with Crippen LogP contribution in [0, 0.1) is 5.41 Å². The molecule has 1 atom stereocenters. The summed E-state index contributed by atoms with van der Waals surface area (Å²) in [6, 6.07) is 0. The second kappa shape index (κ2) is 6.97. The lowest BCUT2D eigenvalue weighted by molar-refractivity contribution is -0.163. The predicted octanol–water partition coefficient (Wildman–Crippen LogP) is 1.86. The van der Waals surface area contributed by atoms with E-state index in [0.717, 1.165) is 25.7 Å². The van der Waals surface area contributed by atoms with Crippen molar-refractivity contribution in [1.82, 2.24) is 0 Å². The van der Waals surface area contributed by atoms with Crippen LogP contribution in [0.5, 0.6) is 0 Å². The fourth-order valence-corrected chi connectivity index (χ4v) is 2.47. The van der Waals surface area contributed by atoms with Crippen LogP contribution in [0.3, 0.4) is 0 Å². The Bertz CT molecular complexity index is 235. The lowest BCUT2D eigenvalue weighted by atomic mass is 9.80. The number of carbonyl (C=O) groups excluding carboxylic acids is 1. The van der Waals surface area contributed by atoms with Gasteiger partial charge >= 0.3 is 5.97 Å². The highest BCUT2D eigenvalue weighted by Gasteiger charge is 2.39. The Morgan fingerprint density at radius 1 is 1.29 bits per heavy atom. The average molecular weight is 243 g/mol. The number of esters is 1. The standard InChI is InChI=1S/C13H25NO3/c1-11(9-16-2)17-12(15)13(10-14)7-5-3-4-6-8-13/h11H,3-10,14H2,1-2H3. The molecule has 0 amide bonds. The van der Waals surface area contributed by atoms with Crippen molar-refractivity contribution in [3.8, 4) is 0 Å². The van der Waals surface area contributed by atoms with Gasteiger partial charge in [0, 0.05) is 13.7 Å². The summed E-state index contributed by atoms with van der Waals surface area (Å²) >= 11 is 0. The fourth-order valence-electron chi connectivity index (χ4n) is 2.47. The second-order valence-electron chi connectivity index (χ2n) is 5.07. The van der Waals surface area contributed by atoms with Gasteiger partial charge in [0.25, 0.3) is 0 Å². The van der Waals surface area contributed by atoms with Crippen LogP contribution in [-0.2, 0) is 14.3 Å². The summed E-state index contributed by atoms with van der Waals surface area (Å²) in [4.78, 5) is 12.2. The van der Waals surface area contributed by atoms with Crippen LogP contribution in [-0.4, -0.2) is 32.3 Å². The number of ether oxygens (including phenoxy) is 2. The normalized spacial score (nSPS) is 21.6. The molecule has 0 bridgehead atoms. The van der Waals surface area contributed by atoms with Gasteiger partial charge in [-0.15, -0.1) is 0 Å². The molecule has 1 aliphatic rings. The molecule has 1 fully saturated rings. The number of rotatable bonds is 5. The molecule has 1 saturated carbocycles. The molecular weight excluding hydrogens is 218 g/mol. The lowest BCUT2D eigenvalue weighted by Gasteiger charge is -2.30. The van der Waals surface area contributed by atoms with E-state index >= 15 is 0 Å². The number of hydrogen-bond donors (Lipinski definition) is 1. The summed E-state index contributed by atoms with van der Waals surface area (Å²) in [5.74, 6) is -0.133. The molecule has 0 aromatic heterocycles. The third kappa shape index (κ3) is 3.96. The first kappa shape index (κ1) is 14.5. The molecule has 4 heteroatoms. The van der Waals surface area contributed by atoms with Crippen LogP contribution in [0.15, 0.2) is 0 Å². The molecule has 1 unspecified atom stereocenters. The molecule has 0 aliphatic heterocycles. The summed E-state index contributed by atoms with van der Waals surface area (Å²) < 4.78 is 10.4. The van der Waals surface area contributed by atoms with Crippen molar-refractivity contribution in [2.45, 2.75) is 51.6 Å². The van der Waals surface area contributed by atoms with Crippen molar-refractivity contribution in [2.24, 2.45) is 11.1 Å². The maximum absolute atomic E-state index is 12.2. The molecule has 4 nitrogen and oxygen atoms in total. The summed E-state index contributed by atoms with van der Waals surface area (Å²) in [5, 5.41) is 0. The summed E-state index contributed by atoms with van der Waals surface area (Å²) in [6.07, 6.45) is 6.07. The first-order valence-electron chi connectivity index (χ1n) is 6.55. The first-order chi connectivity index (χ1) is 8.14. The zero-order valence-corrected chi connectivity index (χ0v) is 11.0. The van der Waals surface area contributed by atoms with Gasteiger partial charge in [0.15, 0.2) is 0 Å². The van der Waals surface area contributed by atoms with Gasteiger partial charge in [-0.05, 0) is 19.8 Å². The quantitative estimate of drug-likeness (QED) is 0.591. The van der Waals surface area contributed by atoms with Gasteiger partial charge in [0.1, 0.15) is 6.10 Å². The smallest absolute Gasteiger partial charge is 0.313 e. The van der Waals surface area contributed by atoms with Gasteiger partial charge < -0.3 is 15.2 Å². The Morgan fingerprint density at radius 3 is 2.35 bits per heavy atom. The number of hydrogen-bond acceptors (Lipinski definition) is 4. The predicted molar refractivity (Wildman–Crippen MR) is 66.6 cm³/mol. The molecule has 1 aliphatic carbocycles. The minimum absolute atomic E-state index is 0.133. The first-order valence-corrected chi connectivity index (χ1v) is 6.55. The van der Waals surface area contributed by atoms with Crippen LogP contribution in [0.4, 0.5) is 0 Å². The van der Waals surface area contributed by atoms with Crippen LogP contribution < -0.4 is 5.73 Å². The van der Waals surface area contributed by atoms with Gasteiger partial charge in [-0.1, -0.05) is 25.7 Å². The van der Waals surface area contributed by atoms with Crippen molar-refractivity contribution < 1.29 is 14.3 Å². The van der Waals surface area contributed by atoms with E-state index in [1.807, 2.05) is 6.92 Å². The van der Waals surface area contributed by atoms with Crippen LogP contribution in [0.1, 0.15) is 45.4 Å². The molecule has 17 heavy (non-hydrogen) atoms. The van der Waals surface area contributed by atoms with Crippen molar-refractivity contribution in [3.05, 3.63) is 0 Å². The lowest BCUT2D eigenvalue weighted by Crippen LogP contribution is -2.41. The molecule has 100 valence electrons. The van der Waals surface area contributed by atoms with Gasteiger partial charge in [-0.25, -0.2) is 0 Å². The molecule has 0 aromatic rings. The van der Waals surface area contributed by atoms with E-state index < -0.39 is 5.41 Å². The topological polar surface area (TPSA) is 61.5 Å². The Labute approximate surface area is 104 Å². The van der Waals surface area contributed by atoms with Crippen molar-refractivity contribution >= 4 is 5.97 Å². The van der Waals surface area contributed by atoms with E-state index in [-0.39, 0.29) is 12.1 Å². The molecule has 2 N–H and O–H groups in total. The van der Waals surface area contributed by atoms with Crippen molar-refractivity contribution in [2.75, 3.05) is 20.3 Å². The third-order valence-electron chi connectivity index (χ3n) is 3.59. The van der Waals surface area contributed by atoms with E-state index in [1.54, 1.807) is 7.11 Å². The molecule has 0 aromatic carbocycles. The Hall–Kier alpha value is -0.610. The Balaban J connectivity index is 2.60. The number of nitrogens with two attached hydrogens (primary N) is 1. The van der Waals surface area contributed by atoms with Crippen LogP contribution in [0.2, 0.25) is 0 Å². The fraction of sp³-hybridized carbons (Fsp3) is 0.923. The number of methoxy groups -OCH3 is 1. The summed E-state index contributed by atoms with van der Waals surface area (Å²) in [6.45, 7) is 2.68. The molecular formula is C13H25NO3. The highest BCUT2D eigenvalue weighted by molar-refractivity contribution is 5.77. The monoisotopic (exact) mass is 243 g/mol. The van der Waals surface area contributed by atoms with Crippen molar-refractivity contribution in [1.29, 1.82) is 0 Å². The Kier molecular flexibility index (Phi) is 5.92. The van der Waals surface area contributed by atoms with E-state index in [4.69, 9.17) is 15.2 Å². The second-order valence-corrected chi connectivity index (χ2v) is 5.07. The highest BCUT2D eigenvalue weighted by Crippen LogP contribution is 2.35.